The molecule has 0 spiro atoms. The Morgan fingerprint density at radius 1 is 1.57 bits per heavy atom. The third kappa shape index (κ3) is 1.78. The van der Waals surface area contributed by atoms with Crippen molar-refractivity contribution in [3.8, 4) is 5.75 Å². The summed E-state index contributed by atoms with van der Waals surface area (Å²) in [6.45, 7) is 0. The quantitative estimate of drug-likeness (QED) is 0.803. The van der Waals surface area contributed by atoms with Gasteiger partial charge in [0.1, 0.15) is 5.75 Å². The summed E-state index contributed by atoms with van der Waals surface area (Å²) in [5.41, 5.74) is -0.704. The van der Waals surface area contributed by atoms with Gasteiger partial charge in [-0.15, -0.1) is 0 Å². The van der Waals surface area contributed by atoms with Crippen LogP contribution in [0, 0.1) is 0 Å². The molecular formula is C8H7F2NO3. The predicted octanol–water partition coefficient (Wildman–Crippen LogP) is 1.27. The van der Waals surface area contributed by atoms with Crippen molar-refractivity contribution in [2.45, 2.75) is 5.92 Å². The fourth-order valence-corrected chi connectivity index (χ4v) is 0.826. The fraction of sp³-hybridized carbons (Fsp3) is 0.250. The minimum atomic E-state index is -3.94. The summed E-state index contributed by atoms with van der Waals surface area (Å²) in [6, 6.07) is 0.932. The second-order valence-electron chi connectivity index (χ2n) is 2.49. The molecule has 4 nitrogen and oxygen atoms in total. The highest BCUT2D eigenvalue weighted by Crippen LogP contribution is 2.29. The zero-order chi connectivity index (χ0) is 10.8. The van der Waals surface area contributed by atoms with Crippen molar-refractivity contribution in [1.82, 2.24) is 4.98 Å². The van der Waals surface area contributed by atoms with E-state index in [-0.39, 0.29) is 5.75 Å². The number of methoxy groups -OCH3 is 1. The van der Waals surface area contributed by atoms with Crippen molar-refractivity contribution in [2.75, 3.05) is 7.11 Å². The molecule has 0 amide bonds. The monoisotopic (exact) mass is 203 g/mol. The molecule has 0 radical (unpaired) electrons. The minimum absolute atomic E-state index is 0.0865. The molecule has 14 heavy (non-hydrogen) atoms. The number of hydrogen-bond acceptors (Lipinski definition) is 3. The maximum Gasteiger partial charge on any atom is 0.379 e. The number of nitrogens with zero attached hydrogens (tertiary/aromatic N) is 1. The van der Waals surface area contributed by atoms with Crippen LogP contribution in [0.2, 0.25) is 0 Å². The van der Waals surface area contributed by atoms with Gasteiger partial charge >= 0.3 is 11.9 Å². The topological polar surface area (TPSA) is 59.4 Å². The molecule has 6 heteroatoms. The van der Waals surface area contributed by atoms with E-state index in [0.29, 0.717) is 0 Å². The van der Waals surface area contributed by atoms with Gasteiger partial charge in [0.05, 0.1) is 18.9 Å². The number of rotatable bonds is 3. The van der Waals surface area contributed by atoms with E-state index >= 15 is 0 Å². The summed E-state index contributed by atoms with van der Waals surface area (Å²) in [7, 11) is 1.28. The van der Waals surface area contributed by atoms with E-state index in [4.69, 9.17) is 5.11 Å². The Morgan fingerprint density at radius 3 is 2.71 bits per heavy atom. The molecule has 0 fully saturated rings. The first kappa shape index (κ1) is 10.4. The number of carbonyl (C=O) groups is 1. The number of ether oxygens (including phenoxy) is 1. The Balaban J connectivity index is 3.12. The molecule has 0 atom stereocenters. The Morgan fingerprint density at radius 2 is 2.21 bits per heavy atom. The SMILES string of the molecule is COc1cncc(C(F)(F)C(=O)O)c1. The summed E-state index contributed by atoms with van der Waals surface area (Å²) < 4.78 is 30.4. The first-order valence-electron chi connectivity index (χ1n) is 3.59. The number of alkyl halides is 2. The van der Waals surface area contributed by atoms with Gasteiger partial charge in [0.2, 0.25) is 0 Å². The maximum absolute atomic E-state index is 12.9. The largest absolute Gasteiger partial charge is 0.495 e. The fourth-order valence-electron chi connectivity index (χ4n) is 0.826. The highest BCUT2D eigenvalue weighted by Gasteiger charge is 2.41. The average Bonchev–Trinajstić information content (AvgIpc) is 2.17. The van der Waals surface area contributed by atoms with Gasteiger partial charge in [-0.25, -0.2) is 4.79 Å². The van der Waals surface area contributed by atoms with Crippen LogP contribution >= 0.6 is 0 Å². The van der Waals surface area contributed by atoms with E-state index in [1.165, 1.54) is 13.3 Å². The first-order valence-corrected chi connectivity index (χ1v) is 3.59. The van der Waals surface area contributed by atoms with E-state index in [0.717, 1.165) is 12.3 Å². The van der Waals surface area contributed by atoms with Crippen molar-refractivity contribution in [2.24, 2.45) is 0 Å². The maximum atomic E-state index is 12.9. The molecule has 0 bridgehead atoms. The van der Waals surface area contributed by atoms with Crippen LogP contribution in [-0.2, 0) is 10.7 Å². The van der Waals surface area contributed by atoms with Gasteiger partial charge in [-0.1, -0.05) is 0 Å². The van der Waals surface area contributed by atoms with E-state index in [2.05, 4.69) is 9.72 Å². The molecule has 0 saturated heterocycles. The van der Waals surface area contributed by atoms with E-state index in [1.807, 2.05) is 0 Å². The van der Waals surface area contributed by atoms with Crippen LogP contribution in [0.15, 0.2) is 18.5 Å². The normalized spacial score (nSPS) is 11.1. The Labute approximate surface area is 78.1 Å². The third-order valence-corrected chi connectivity index (χ3v) is 1.58. The van der Waals surface area contributed by atoms with Crippen molar-refractivity contribution < 1.29 is 23.4 Å². The molecule has 0 saturated carbocycles. The van der Waals surface area contributed by atoms with Crippen molar-refractivity contribution >= 4 is 5.97 Å². The molecule has 1 aromatic heterocycles. The van der Waals surface area contributed by atoms with Gasteiger partial charge in [-0.05, 0) is 6.07 Å². The summed E-state index contributed by atoms with van der Waals surface area (Å²) in [6.07, 6.45) is 2.00. The molecule has 0 aliphatic heterocycles. The minimum Gasteiger partial charge on any atom is -0.495 e. The lowest BCUT2D eigenvalue weighted by Crippen LogP contribution is -2.25. The number of aromatic nitrogens is 1. The third-order valence-electron chi connectivity index (χ3n) is 1.58. The van der Waals surface area contributed by atoms with Gasteiger partial charge < -0.3 is 9.84 Å². The Bertz CT molecular complexity index is 354. The second kappa shape index (κ2) is 3.57. The number of carboxylic acids is 1. The summed E-state index contributed by atoms with van der Waals surface area (Å²) >= 11 is 0. The van der Waals surface area contributed by atoms with Crippen LogP contribution in [0.25, 0.3) is 0 Å². The van der Waals surface area contributed by atoms with Crippen LogP contribution in [0.4, 0.5) is 8.78 Å². The highest BCUT2D eigenvalue weighted by molar-refractivity contribution is 5.77. The lowest BCUT2D eigenvalue weighted by molar-refractivity contribution is -0.166. The van der Waals surface area contributed by atoms with Crippen LogP contribution in [0.1, 0.15) is 5.56 Å². The van der Waals surface area contributed by atoms with Crippen molar-refractivity contribution in [3.05, 3.63) is 24.0 Å². The molecule has 1 heterocycles. The van der Waals surface area contributed by atoms with Gasteiger partial charge in [0, 0.05) is 6.20 Å². The number of carboxylic acid groups (broad SMARTS) is 1. The predicted molar refractivity (Wildman–Crippen MR) is 42.3 cm³/mol. The average molecular weight is 203 g/mol. The Hall–Kier alpha value is -1.72. The molecule has 0 aliphatic rings. The van der Waals surface area contributed by atoms with Crippen molar-refractivity contribution in [1.29, 1.82) is 0 Å². The van der Waals surface area contributed by atoms with Gasteiger partial charge in [-0.3, -0.25) is 4.98 Å². The van der Waals surface area contributed by atoms with Crippen LogP contribution in [0.3, 0.4) is 0 Å². The molecule has 1 aromatic rings. The van der Waals surface area contributed by atoms with Crippen LogP contribution in [0.5, 0.6) is 5.75 Å². The van der Waals surface area contributed by atoms with E-state index in [9.17, 15) is 13.6 Å². The molecule has 1 N–H and O–H groups in total. The second-order valence-corrected chi connectivity index (χ2v) is 2.49. The summed E-state index contributed by atoms with van der Waals surface area (Å²) in [4.78, 5) is 13.6. The van der Waals surface area contributed by atoms with Crippen LogP contribution in [-0.4, -0.2) is 23.2 Å². The van der Waals surface area contributed by atoms with Crippen LogP contribution < -0.4 is 4.74 Å². The number of hydrogen-bond donors (Lipinski definition) is 1. The lowest BCUT2D eigenvalue weighted by atomic mass is 10.1. The van der Waals surface area contributed by atoms with Gasteiger partial charge in [0.15, 0.2) is 0 Å². The highest BCUT2D eigenvalue weighted by atomic mass is 19.3. The van der Waals surface area contributed by atoms with Gasteiger partial charge in [0.25, 0.3) is 0 Å². The molecule has 0 aromatic carbocycles. The number of aliphatic carboxylic acids is 1. The van der Waals surface area contributed by atoms with E-state index in [1.54, 1.807) is 0 Å². The standard InChI is InChI=1S/C8H7F2NO3/c1-14-6-2-5(3-11-4-6)8(9,10)7(12)13/h2-4H,1H3,(H,12,13). The molecule has 0 unspecified atom stereocenters. The molecular weight excluding hydrogens is 196 g/mol. The zero-order valence-electron chi connectivity index (χ0n) is 7.20. The number of pyridine rings is 1. The molecule has 76 valence electrons. The summed E-state index contributed by atoms with van der Waals surface area (Å²) in [5.74, 6) is -6.07. The Kier molecular flexibility index (Phi) is 2.64. The first-order chi connectivity index (χ1) is 6.48. The molecule has 1 rings (SSSR count). The lowest BCUT2D eigenvalue weighted by Gasteiger charge is -2.11. The molecule has 0 aliphatic carbocycles. The van der Waals surface area contributed by atoms with Crippen molar-refractivity contribution in [3.63, 3.8) is 0 Å². The zero-order valence-corrected chi connectivity index (χ0v) is 7.20. The van der Waals surface area contributed by atoms with E-state index < -0.39 is 17.5 Å². The smallest absolute Gasteiger partial charge is 0.379 e. The van der Waals surface area contributed by atoms with Gasteiger partial charge in [-0.2, -0.15) is 8.78 Å². The summed E-state index contributed by atoms with van der Waals surface area (Å²) in [5, 5.41) is 8.24. The number of halogens is 2.